The molecule has 0 saturated heterocycles. The third-order valence-corrected chi connectivity index (χ3v) is 2.94. The van der Waals surface area contributed by atoms with Crippen molar-refractivity contribution in [1.29, 1.82) is 5.26 Å². The number of halogens is 1. The number of amides is 1. The van der Waals surface area contributed by atoms with Crippen LogP contribution in [-0.4, -0.2) is 25.4 Å². The summed E-state index contributed by atoms with van der Waals surface area (Å²) in [5.41, 5.74) is 1.51. The standard InChI is InChI=1S/C15H18ClN3O2/c1-11-4-5-14(21-2)13(8-11)19-15(20)12(9-17)10-18-7-3-6-16/h4-5,8,10,18H,3,6-7H2,1-2H3,(H,19,20)/b12-10-. The van der Waals surface area contributed by atoms with Gasteiger partial charge in [0.05, 0.1) is 12.8 Å². The smallest absolute Gasteiger partial charge is 0.267 e. The SMILES string of the molecule is COc1ccc(C)cc1NC(=O)/C(C#N)=C\NCCCCl. The maximum atomic E-state index is 12.1. The van der Waals surface area contributed by atoms with Gasteiger partial charge in [0.2, 0.25) is 0 Å². The van der Waals surface area contributed by atoms with E-state index in [9.17, 15) is 4.79 Å². The first-order valence-electron chi connectivity index (χ1n) is 6.48. The molecule has 1 aromatic rings. The lowest BCUT2D eigenvalue weighted by atomic mass is 10.2. The lowest BCUT2D eigenvalue weighted by Crippen LogP contribution is -2.17. The molecule has 21 heavy (non-hydrogen) atoms. The molecule has 1 rings (SSSR count). The van der Waals surface area contributed by atoms with Crippen molar-refractivity contribution in [3.8, 4) is 11.8 Å². The molecule has 1 amide bonds. The number of carbonyl (C=O) groups excluding carboxylic acids is 1. The highest BCUT2D eigenvalue weighted by molar-refractivity contribution is 6.17. The summed E-state index contributed by atoms with van der Waals surface area (Å²) in [5.74, 6) is 0.580. The van der Waals surface area contributed by atoms with E-state index in [0.717, 1.165) is 12.0 Å². The number of ether oxygens (including phenoxy) is 1. The molecule has 1 aromatic carbocycles. The zero-order valence-corrected chi connectivity index (χ0v) is 12.8. The second-order valence-electron chi connectivity index (χ2n) is 4.32. The minimum atomic E-state index is -0.486. The van der Waals surface area contributed by atoms with Crippen molar-refractivity contribution in [1.82, 2.24) is 5.32 Å². The van der Waals surface area contributed by atoms with Crippen molar-refractivity contribution < 1.29 is 9.53 Å². The van der Waals surface area contributed by atoms with Crippen molar-refractivity contribution in [2.45, 2.75) is 13.3 Å². The summed E-state index contributed by atoms with van der Waals surface area (Å²) in [6.07, 6.45) is 2.15. The first kappa shape index (κ1) is 16.9. The molecule has 2 N–H and O–H groups in total. The van der Waals surface area contributed by atoms with Crippen LogP contribution in [0, 0.1) is 18.3 Å². The number of hydrogen-bond acceptors (Lipinski definition) is 4. The molecule has 6 heteroatoms. The fourth-order valence-electron chi connectivity index (χ4n) is 1.60. The predicted molar refractivity (Wildman–Crippen MR) is 83.4 cm³/mol. The Hall–Kier alpha value is -2.19. The third kappa shape index (κ3) is 5.36. The molecule has 0 aliphatic heterocycles. The van der Waals surface area contributed by atoms with Gasteiger partial charge in [0, 0.05) is 18.6 Å². The van der Waals surface area contributed by atoms with Crippen LogP contribution in [0.2, 0.25) is 0 Å². The summed E-state index contributed by atoms with van der Waals surface area (Å²) < 4.78 is 5.18. The number of nitrogens with zero attached hydrogens (tertiary/aromatic N) is 1. The first-order valence-corrected chi connectivity index (χ1v) is 7.01. The van der Waals surface area contributed by atoms with Gasteiger partial charge < -0.3 is 15.4 Å². The molecule has 0 bridgehead atoms. The molecule has 0 saturated carbocycles. The summed E-state index contributed by atoms with van der Waals surface area (Å²) in [6.45, 7) is 2.51. The molecule has 0 spiro atoms. The first-order chi connectivity index (χ1) is 10.1. The second kappa shape index (κ2) is 8.88. The molecular weight excluding hydrogens is 290 g/mol. The van der Waals surface area contributed by atoms with Crippen LogP contribution >= 0.6 is 11.6 Å². The van der Waals surface area contributed by atoms with E-state index < -0.39 is 5.91 Å². The Morgan fingerprint density at radius 1 is 1.52 bits per heavy atom. The van der Waals surface area contributed by atoms with Gasteiger partial charge in [-0.25, -0.2) is 0 Å². The zero-order valence-electron chi connectivity index (χ0n) is 12.1. The number of hydrogen-bond donors (Lipinski definition) is 2. The Bertz CT molecular complexity index is 565. The zero-order chi connectivity index (χ0) is 15.7. The highest BCUT2D eigenvalue weighted by Crippen LogP contribution is 2.25. The number of methoxy groups -OCH3 is 1. The van der Waals surface area contributed by atoms with E-state index in [0.29, 0.717) is 23.9 Å². The largest absolute Gasteiger partial charge is 0.495 e. The molecule has 5 nitrogen and oxygen atoms in total. The molecule has 0 radical (unpaired) electrons. The second-order valence-corrected chi connectivity index (χ2v) is 4.70. The van der Waals surface area contributed by atoms with Crippen LogP contribution in [-0.2, 0) is 4.79 Å². The molecular formula is C15H18ClN3O2. The molecule has 0 atom stereocenters. The average molecular weight is 308 g/mol. The minimum absolute atomic E-state index is 0.00636. The van der Waals surface area contributed by atoms with E-state index in [1.165, 1.54) is 13.3 Å². The van der Waals surface area contributed by atoms with Crippen LogP contribution in [0.15, 0.2) is 30.0 Å². The van der Waals surface area contributed by atoms with E-state index in [1.807, 2.05) is 19.1 Å². The number of aryl methyl sites for hydroxylation is 1. The maximum Gasteiger partial charge on any atom is 0.267 e. The van der Waals surface area contributed by atoms with Crippen LogP contribution in [0.4, 0.5) is 5.69 Å². The number of rotatable bonds is 7. The number of nitriles is 1. The molecule has 0 unspecified atom stereocenters. The Balaban J connectivity index is 2.79. The Labute approximate surface area is 129 Å². The van der Waals surface area contributed by atoms with Crippen molar-refractivity contribution in [2.24, 2.45) is 0 Å². The molecule has 112 valence electrons. The number of nitrogens with one attached hydrogen (secondary N) is 2. The quantitative estimate of drug-likeness (QED) is 0.351. The molecule has 0 fully saturated rings. The van der Waals surface area contributed by atoms with Crippen LogP contribution < -0.4 is 15.4 Å². The van der Waals surface area contributed by atoms with Crippen molar-refractivity contribution in [2.75, 3.05) is 24.9 Å². The minimum Gasteiger partial charge on any atom is -0.495 e. The topological polar surface area (TPSA) is 74.1 Å². The Morgan fingerprint density at radius 2 is 2.29 bits per heavy atom. The summed E-state index contributed by atoms with van der Waals surface area (Å²) in [4.78, 5) is 12.1. The van der Waals surface area contributed by atoms with Crippen LogP contribution in [0.1, 0.15) is 12.0 Å². The van der Waals surface area contributed by atoms with Crippen molar-refractivity contribution >= 4 is 23.2 Å². The highest BCUT2D eigenvalue weighted by atomic mass is 35.5. The van der Waals surface area contributed by atoms with Gasteiger partial charge in [0.25, 0.3) is 5.91 Å². The molecule has 0 aliphatic carbocycles. The number of anilines is 1. The fraction of sp³-hybridized carbons (Fsp3) is 0.333. The summed E-state index contributed by atoms with van der Waals surface area (Å²) >= 11 is 5.55. The molecule has 0 aliphatic rings. The normalized spacial score (nSPS) is 10.7. The average Bonchev–Trinajstić information content (AvgIpc) is 2.47. The van der Waals surface area contributed by atoms with E-state index in [-0.39, 0.29) is 5.57 Å². The van der Waals surface area contributed by atoms with Crippen molar-refractivity contribution in [3.05, 3.63) is 35.5 Å². The van der Waals surface area contributed by atoms with Crippen LogP contribution in [0.3, 0.4) is 0 Å². The summed E-state index contributed by atoms with van der Waals surface area (Å²) in [7, 11) is 1.52. The van der Waals surface area contributed by atoms with Gasteiger partial charge in [0.1, 0.15) is 17.4 Å². The Morgan fingerprint density at radius 3 is 2.90 bits per heavy atom. The predicted octanol–water partition coefficient (Wildman–Crippen LogP) is 2.57. The number of carbonyl (C=O) groups is 1. The van der Waals surface area contributed by atoms with Gasteiger partial charge in [-0.3, -0.25) is 4.79 Å². The van der Waals surface area contributed by atoms with Crippen LogP contribution in [0.25, 0.3) is 0 Å². The van der Waals surface area contributed by atoms with E-state index in [2.05, 4.69) is 10.6 Å². The van der Waals surface area contributed by atoms with E-state index in [4.69, 9.17) is 21.6 Å². The third-order valence-electron chi connectivity index (χ3n) is 2.67. The van der Waals surface area contributed by atoms with Gasteiger partial charge in [-0.05, 0) is 31.0 Å². The number of benzene rings is 1. The van der Waals surface area contributed by atoms with Gasteiger partial charge in [-0.1, -0.05) is 6.07 Å². The van der Waals surface area contributed by atoms with Gasteiger partial charge >= 0.3 is 0 Å². The van der Waals surface area contributed by atoms with Gasteiger partial charge in [-0.15, -0.1) is 11.6 Å². The lowest BCUT2D eigenvalue weighted by molar-refractivity contribution is -0.112. The van der Waals surface area contributed by atoms with Crippen molar-refractivity contribution in [3.63, 3.8) is 0 Å². The number of alkyl halides is 1. The lowest BCUT2D eigenvalue weighted by Gasteiger charge is -2.10. The highest BCUT2D eigenvalue weighted by Gasteiger charge is 2.12. The van der Waals surface area contributed by atoms with E-state index >= 15 is 0 Å². The maximum absolute atomic E-state index is 12.1. The summed E-state index contributed by atoms with van der Waals surface area (Å²) in [5, 5.41) is 14.6. The van der Waals surface area contributed by atoms with Gasteiger partial charge in [-0.2, -0.15) is 5.26 Å². The van der Waals surface area contributed by atoms with E-state index in [1.54, 1.807) is 12.1 Å². The molecule has 0 aromatic heterocycles. The van der Waals surface area contributed by atoms with Gasteiger partial charge in [0.15, 0.2) is 0 Å². The fourth-order valence-corrected chi connectivity index (χ4v) is 1.73. The summed E-state index contributed by atoms with van der Waals surface area (Å²) in [6, 6.07) is 7.29. The molecule has 0 heterocycles. The monoisotopic (exact) mass is 307 g/mol. The Kier molecular flexibility index (Phi) is 7.13. The van der Waals surface area contributed by atoms with Crippen LogP contribution in [0.5, 0.6) is 5.75 Å².